The number of benzene rings is 1. The predicted octanol–water partition coefficient (Wildman–Crippen LogP) is 2.40. The number of nitrogens with one attached hydrogen (secondary N) is 1. The molecule has 0 radical (unpaired) electrons. The first-order valence-electron chi connectivity index (χ1n) is 6.46. The lowest BCUT2D eigenvalue weighted by Gasteiger charge is -2.19. The van der Waals surface area contributed by atoms with Gasteiger partial charge in [-0.05, 0) is 37.0 Å². The molecule has 0 spiro atoms. The quantitative estimate of drug-likeness (QED) is 0.576. The van der Waals surface area contributed by atoms with Crippen LogP contribution in [-0.2, 0) is 0 Å². The molecule has 1 atom stereocenters. The van der Waals surface area contributed by atoms with Crippen LogP contribution in [-0.4, -0.2) is 14.2 Å². The molecule has 0 amide bonds. The first-order valence-corrected chi connectivity index (χ1v) is 6.46. The Bertz CT molecular complexity index is 391. The lowest BCUT2D eigenvalue weighted by molar-refractivity contribution is 0.384. The van der Waals surface area contributed by atoms with Crippen molar-refractivity contribution in [3.63, 3.8) is 0 Å². The third-order valence-electron chi connectivity index (χ3n) is 3.57. The van der Waals surface area contributed by atoms with E-state index >= 15 is 0 Å². The van der Waals surface area contributed by atoms with E-state index in [9.17, 15) is 0 Å². The van der Waals surface area contributed by atoms with Gasteiger partial charge in [0.05, 0.1) is 14.2 Å². The molecular formula is C14H22N2O2. The molecule has 4 heteroatoms. The molecule has 1 unspecified atom stereocenters. The number of hydrazine groups is 1. The minimum atomic E-state index is 0.121. The molecule has 18 heavy (non-hydrogen) atoms. The van der Waals surface area contributed by atoms with Crippen molar-refractivity contribution < 1.29 is 9.47 Å². The standard InChI is InChI=1S/C14H22N2O2/c1-17-11-6-8-14(18-2)12(9-11)13(16-15)7-5-10-3-4-10/h6,8-10,13,16H,3-5,7,15H2,1-2H3. The zero-order valence-corrected chi connectivity index (χ0v) is 11.1. The summed E-state index contributed by atoms with van der Waals surface area (Å²) in [6, 6.07) is 5.94. The van der Waals surface area contributed by atoms with Crippen LogP contribution in [0.5, 0.6) is 11.5 Å². The summed E-state index contributed by atoms with van der Waals surface area (Å²) in [5.74, 6) is 8.27. The fourth-order valence-electron chi connectivity index (χ4n) is 2.25. The maximum absolute atomic E-state index is 5.68. The second-order valence-corrected chi connectivity index (χ2v) is 4.85. The molecule has 0 saturated heterocycles. The molecule has 0 heterocycles. The lowest BCUT2D eigenvalue weighted by Crippen LogP contribution is -2.28. The number of ether oxygens (including phenoxy) is 2. The topological polar surface area (TPSA) is 56.5 Å². The Morgan fingerprint density at radius 3 is 2.67 bits per heavy atom. The highest BCUT2D eigenvalue weighted by molar-refractivity contribution is 5.42. The Kier molecular flexibility index (Phi) is 4.44. The van der Waals surface area contributed by atoms with Gasteiger partial charge in [0.1, 0.15) is 11.5 Å². The van der Waals surface area contributed by atoms with E-state index in [1.165, 1.54) is 19.3 Å². The van der Waals surface area contributed by atoms with E-state index in [1.54, 1.807) is 14.2 Å². The maximum atomic E-state index is 5.68. The zero-order chi connectivity index (χ0) is 13.0. The van der Waals surface area contributed by atoms with Crippen LogP contribution in [0.25, 0.3) is 0 Å². The molecule has 100 valence electrons. The van der Waals surface area contributed by atoms with Gasteiger partial charge in [-0.15, -0.1) is 0 Å². The average molecular weight is 250 g/mol. The van der Waals surface area contributed by atoms with E-state index in [2.05, 4.69) is 5.43 Å². The molecule has 0 aliphatic heterocycles. The Labute approximate surface area is 108 Å². The van der Waals surface area contributed by atoms with Crippen molar-refractivity contribution in [2.45, 2.75) is 31.7 Å². The molecule has 1 aromatic rings. The van der Waals surface area contributed by atoms with E-state index in [4.69, 9.17) is 15.3 Å². The molecule has 1 aliphatic rings. The van der Waals surface area contributed by atoms with Crippen molar-refractivity contribution in [3.05, 3.63) is 23.8 Å². The highest BCUT2D eigenvalue weighted by atomic mass is 16.5. The molecule has 0 aromatic heterocycles. The monoisotopic (exact) mass is 250 g/mol. The van der Waals surface area contributed by atoms with E-state index in [0.29, 0.717) is 0 Å². The summed E-state index contributed by atoms with van der Waals surface area (Å²) in [6.45, 7) is 0. The van der Waals surface area contributed by atoms with E-state index < -0.39 is 0 Å². The van der Waals surface area contributed by atoms with Gasteiger partial charge >= 0.3 is 0 Å². The summed E-state index contributed by atoms with van der Waals surface area (Å²) in [5, 5.41) is 0. The number of rotatable bonds is 7. The first-order chi connectivity index (χ1) is 8.78. The zero-order valence-electron chi connectivity index (χ0n) is 11.1. The maximum Gasteiger partial charge on any atom is 0.123 e. The normalized spacial score (nSPS) is 16.4. The van der Waals surface area contributed by atoms with Crippen LogP contribution in [0.3, 0.4) is 0 Å². The second kappa shape index (κ2) is 6.07. The molecule has 1 saturated carbocycles. The minimum Gasteiger partial charge on any atom is -0.497 e. The van der Waals surface area contributed by atoms with E-state index in [1.807, 2.05) is 18.2 Å². The molecule has 4 nitrogen and oxygen atoms in total. The van der Waals surface area contributed by atoms with Crippen molar-refractivity contribution in [2.75, 3.05) is 14.2 Å². The van der Waals surface area contributed by atoms with Crippen LogP contribution in [0, 0.1) is 5.92 Å². The van der Waals surface area contributed by atoms with Gasteiger partial charge in [0.25, 0.3) is 0 Å². The molecule has 3 N–H and O–H groups in total. The fraction of sp³-hybridized carbons (Fsp3) is 0.571. The summed E-state index contributed by atoms with van der Waals surface area (Å²) >= 11 is 0. The Morgan fingerprint density at radius 2 is 2.11 bits per heavy atom. The van der Waals surface area contributed by atoms with Crippen molar-refractivity contribution in [2.24, 2.45) is 11.8 Å². The van der Waals surface area contributed by atoms with Crippen LogP contribution in [0.2, 0.25) is 0 Å². The number of hydrogen-bond donors (Lipinski definition) is 2. The Hall–Kier alpha value is -1.26. The van der Waals surface area contributed by atoms with Gasteiger partial charge in [-0.25, -0.2) is 0 Å². The van der Waals surface area contributed by atoms with Gasteiger partial charge < -0.3 is 9.47 Å². The highest BCUT2D eigenvalue weighted by Crippen LogP contribution is 2.38. The van der Waals surface area contributed by atoms with Gasteiger partial charge in [-0.3, -0.25) is 11.3 Å². The molecule has 1 fully saturated rings. The molecular weight excluding hydrogens is 228 g/mol. The number of hydrogen-bond acceptors (Lipinski definition) is 4. The Morgan fingerprint density at radius 1 is 1.33 bits per heavy atom. The average Bonchev–Trinajstić information content (AvgIpc) is 3.23. The second-order valence-electron chi connectivity index (χ2n) is 4.85. The van der Waals surface area contributed by atoms with Crippen LogP contribution >= 0.6 is 0 Å². The lowest BCUT2D eigenvalue weighted by atomic mass is 9.99. The minimum absolute atomic E-state index is 0.121. The molecule has 1 aromatic carbocycles. The van der Waals surface area contributed by atoms with Crippen molar-refractivity contribution in [1.82, 2.24) is 5.43 Å². The van der Waals surface area contributed by atoms with Crippen molar-refractivity contribution in [3.8, 4) is 11.5 Å². The highest BCUT2D eigenvalue weighted by Gasteiger charge is 2.24. The molecule has 1 aliphatic carbocycles. The SMILES string of the molecule is COc1ccc(OC)c(C(CCC2CC2)NN)c1. The molecule has 0 bridgehead atoms. The van der Waals surface area contributed by atoms with Gasteiger partial charge in [0.15, 0.2) is 0 Å². The first kappa shape index (κ1) is 13.2. The van der Waals surface area contributed by atoms with Gasteiger partial charge in [-0.1, -0.05) is 12.8 Å². The third kappa shape index (κ3) is 3.15. The largest absolute Gasteiger partial charge is 0.497 e. The van der Waals surface area contributed by atoms with Gasteiger partial charge in [0.2, 0.25) is 0 Å². The summed E-state index contributed by atoms with van der Waals surface area (Å²) < 4.78 is 10.7. The van der Waals surface area contributed by atoms with Crippen LogP contribution in [0.15, 0.2) is 18.2 Å². The third-order valence-corrected chi connectivity index (χ3v) is 3.57. The fourth-order valence-corrected chi connectivity index (χ4v) is 2.25. The van der Waals surface area contributed by atoms with E-state index in [0.717, 1.165) is 29.4 Å². The van der Waals surface area contributed by atoms with Crippen LogP contribution < -0.4 is 20.7 Å². The number of nitrogens with two attached hydrogens (primary N) is 1. The van der Waals surface area contributed by atoms with Crippen molar-refractivity contribution >= 4 is 0 Å². The predicted molar refractivity (Wildman–Crippen MR) is 71.6 cm³/mol. The summed E-state index contributed by atoms with van der Waals surface area (Å²) in [5.41, 5.74) is 3.96. The summed E-state index contributed by atoms with van der Waals surface area (Å²) in [4.78, 5) is 0. The smallest absolute Gasteiger partial charge is 0.123 e. The van der Waals surface area contributed by atoms with Crippen molar-refractivity contribution in [1.29, 1.82) is 0 Å². The number of methoxy groups -OCH3 is 2. The van der Waals surface area contributed by atoms with Crippen LogP contribution in [0.1, 0.15) is 37.3 Å². The van der Waals surface area contributed by atoms with Crippen LogP contribution in [0.4, 0.5) is 0 Å². The van der Waals surface area contributed by atoms with E-state index in [-0.39, 0.29) is 6.04 Å². The van der Waals surface area contributed by atoms with Gasteiger partial charge in [-0.2, -0.15) is 0 Å². The van der Waals surface area contributed by atoms with Gasteiger partial charge in [0, 0.05) is 11.6 Å². The molecule has 2 rings (SSSR count). The Balaban J connectivity index is 2.14. The summed E-state index contributed by atoms with van der Waals surface area (Å²) in [7, 11) is 3.35. The summed E-state index contributed by atoms with van der Waals surface area (Å²) in [6.07, 6.45) is 4.99.